The summed E-state index contributed by atoms with van der Waals surface area (Å²) in [5.74, 6) is 0.871. The quantitative estimate of drug-likeness (QED) is 0.614. The van der Waals surface area contributed by atoms with E-state index in [1.54, 1.807) is 38.5 Å². The van der Waals surface area contributed by atoms with E-state index in [9.17, 15) is 4.79 Å². The molecule has 26 heavy (non-hydrogen) atoms. The van der Waals surface area contributed by atoms with E-state index >= 15 is 0 Å². The molecule has 134 valence electrons. The second-order valence-corrected chi connectivity index (χ2v) is 6.81. The third kappa shape index (κ3) is 3.77. The molecule has 1 aromatic heterocycles. The van der Waals surface area contributed by atoms with E-state index in [4.69, 9.17) is 32.7 Å². The monoisotopic (exact) mass is 408 g/mol. The third-order valence-corrected chi connectivity index (χ3v) is 5.18. The number of hydrogen-bond acceptors (Lipinski definition) is 5. The maximum absolute atomic E-state index is 12.4. The Morgan fingerprint density at radius 1 is 1.12 bits per heavy atom. The zero-order chi connectivity index (χ0) is 18.7. The van der Waals surface area contributed by atoms with Crippen LogP contribution >= 0.6 is 34.5 Å². The van der Waals surface area contributed by atoms with E-state index < -0.39 is 0 Å². The smallest absolute Gasteiger partial charge is 0.259 e. The number of aromatic nitrogens is 1. The van der Waals surface area contributed by atoms with Gasteiger partial charge >= 0.3 is 0 Å². The molecule has 0 atom stereocenters. The van der Waals surface area contributed by atoms with Gasteiger partial charge in [0.1, 0.15) is 0 Å². The average Bonchev–Trinajstić information content (AvgIpc) is 3.11. The van der Waals surface area contributed by atoms with Crippen LogP contribution in [0.2, 0.25) is 10.0 Å². The van der Waals surface area contributed by atoms with E-state index in [0.29, 0.717) is 32.9 Å². The Hall–Kier alpha value is -2.28. The Kier molecular flexibility index (Phi) is 5.66. The van der Waals surface area contributed by atoms with Crippen LogP contribution in [0.15, 0.2) is 41.8 Å². The summed E-state index contributed by atoms with van der Waals surface area (Å²) < 4.78 is 10.5. The summed E-state index contributed by atoms with van der Waals surface area (Å²) in [5, 5.41) is 5.57. The molecule has 2 aromatic carbocycles. The normalized spacial score (nSPS) is 10.5. The largest absolute Gasteiger partial charge is 0.493 e. The van der Waals surface area contributed by atoms with Crippen molar-refractivity contribution in [1.29, 1.82) is 0 Å². The molecule has 5 nitrogen and oxygen atoms in total. The molecule has 0 aliphatic heterocycles. The number of carbonyl (C=O) groups is 1. The molecule has 0 radical (unpaired) electrons. The van der Waals surface area contributed by atoms with Gasteiger partial charge in [-0.3, -0.25) is 10.1 Å². The number of ether oxygens (including phenoxy) is 2. The van der Waals surface area contributed by atoms with Crippen LogP contribution in [-0.2, 0) is 0 Å². The first kappa shape index (κ1) is 18.5. The Bertz CT molecular complexity index is 959. The number of thiazole rings is 1. The lowest BCUT2D eigenvalue weighted by Crippen LogP contribution is -2.12. The highest BCUT2D eigenvalue weighted by molar-refractivity contribution is 7.14. The fourth-order valence-corrected chi connectivity index (χ4v) is 3.40. The fourth-order valence-electron chi connectivity index (χ4n) is 2.30. The highest BCUT2D eigenvalue weighted by Crippen LogP contribution is 2.34. The number of methoxy groups -OCH3 is 2. The van der Waals surface area contributed by atoms with Gasteiger partial charge in [0, 0.05) is 10.9 Å². The topological polar surface area (TPSA) is 60.5 Å². The van der Waals surface area contributed by atoms with Crippen LogP contribution in [0, 0.1) is 0 Å². The molecule has 0 fully saturated rings. The van der Waals surface area contributed by atoms with Gasteiger partial charge in [0.05, 0.1) is 35.5 Å². The Balaban J connectivity index is 1.82. The second-order valence-electron chi connectivity index (χ2n) is 5.16. The van der Waals surface area contributed by atoms with Gasteiger partial charge in [0.2, 0.25) is 0 Å². The molecular formula is C18H14Cl2N2O3S. The predicted octanol–water partition coefficient (Wildman–Crippen LogP) is 5.39. The van der Waals surface area contributed by atoms with Crippen molar-refractivity contribution in [3.8, 4) is 22.8 Å². The first-order valence-electron chi connectivity index (χ1n) is 7.46. The lowest BCUT2D eigenvalue weighted by Gasteiger charge is -2.08. The van der Waals surface area contributed by atoms with E-state index in [0.717, 1.165) is 5.56 Å². The molecule has 1 heterocycles. The fraction of sp³-hybridized carbons (Fsp3) is 0.111. The number of nitrogens with one attached hydrogen (secondary N) is 1. The van der Waals surface area contributed by atoms with Crippen LogP contribution in [0.1, 0.15) is 10.4 Å². The van der Waals surface area contributed by atoms with Gasteiger partial charge in [0.15, 0.2) is 16.6 Å². The van der Waals surface area contributed by atoms with E-state index in [1.165, 1.54) is 11.3 Å². The summed E-state index contributed by atoms with van der Waals surface area (Å²) in [4.78, 5) is 16.8. The van der Waals surface area contributed by atoms with Crippen molar-refractivity contribution in [1.82, 2.24) is 4.98 Å². The average molecular weight is 409 g/mol. The highest BCUT2D eigenvalue weighted by Gasteiger charge is 2.15. The molecule has 0 saturated carbocycles. The molecule has 0 aliphatic rings. The maximum atomic E-state index is 12.4. The summed E-state index contributed by atoms with van der Waals surface area (Å²) in [6.45, 7) is 0. The molecule has 3 rings (SSSR count). The first-order chi connectivity index (χ1) is 12.5. The SMILES string of the molecule is COc1ccc(-c2csc(NC(=O)c3cccc(Cl)c3Cl)n2)cc1OC. The summed E-state index contributed by atoms with van der Waals surface area (Å²) >= 11 is 13.3. The van der Waals surface area contributed by atoms with Gasteiger partial charge < -0.3 is 9.47 Å². The number of hydrogen-bond donors (Lipinski definition) is 1. The van der Waals surface area contributed by atoms with Crippen molar-refractivity contribution in [3.63, 3.8) is 0 Å². The summed E-state index contributed by atoms with van der Waals surface area (Å²) in [5.41, 5.74) is 1.85. The minimum Gasteiger partial charge on any atom is -0.493 e. The Labute approximate surface area is 164 Å². The molecular weight excluding hydrogens is 395 g/mol. The van der Waals surface area contributed by atoms with Crippen molar-refractivity contribution in [3.05, 3.63) is 57.4 Å². The van der Waals surface area contributed by atoms with E-state index in [1.807, 2.05) is 17.5 Å². The third-order valence-electron chi connectivity index (χ3n) is 3.60. The van der Waals surface area contributed by atoms with Crippen molar-refractivity contribution >= 4 is 45.6 Å². The van der Waals surface area contributed by atoms with Gasteiger partial charge in [-0.05, 0) is 30.3 Å². The highest BCUT2D eigenvalue weighted by atomic mass is 35.5. The number of nitrogens with zero attached hydrogens (tertiary/aromatic N) is 1. The van der Waals surface area contributed by atoms with Crippen LogP contribution in [0.5, 0.6) is 11.5 Å². The first-order valence-corrected chi connectivity index (χ1v) is 9.10. The summed E-state index contributed by atoms with van der Waals surface area (Å²) in [6.07, 6.45) is 0. The van der Waals surface area contributed by atoms with E-state index in [2.05, 4.69) is 10.3 Å². The number of rotatable bonds is 5. The number of amides is 1. The standard InChI is InChI=1S/C18H14Cl2N2O3S/c1-24-14-7-6-10(8-15(14)25-2)13-9-26-18(21-13)22-17(23)11-4-3-5-12(19)16(11)20/h3-9H,1-2H3,(H,21,22,23). The molecule has 1 N–H and O–H groups in total. The minimum absolute atomic E-state index is 0.211. The number of halogens is 2. The van der Waals surface area contributed by atoms with Crippen LogP contribution in [0.4, 0.5) is 5.13 Å². The van der Waals surface area contributed by atoms with Gasteiger partial charge in [-0.2, -0.15) is 0 Å². The van der Waals surface area contributed by atoms with Gasteiger partial charge in [-0.1, -0.05) is 29.3 Å². The van der Waals surface area contributed by atoms with Crippen LogP contribution < -0.4 is 14.8 Å². The second kappa shape index (κ2) is 7.95. The molecule has 0 saturated heterocycles. The number of anilines is 1. The van der Waals surface area contributed by atoms with Crippen molar-refractivity contribution in [2.45, 2.75) is 0 Å². The minimum atomic E-state index is -0.370. The van der Waals surface area contributed by atoms with Crippen LogP contribution in [0.25, 0.3) is 11.3 Å². The summed E-state index contributed by atoms with van der Waals surface area (Å²) in [6, 6.07) is 10.4. The lowest BCUT2D eigenvalue weighted by atomic mass is 10.1. The molecule has 3 aromatic rings. The molecule has 1 amide bonds. The molecule has 0 bridgehead atoms. The van der Waals surface area contributed by atoms with Crippen molar-refractivity contribution < 1.29 is 14.3 Å². The zero-order valence-electron chi connectivity index (χ0n) is 13.9. The van der Waals surface area contributed by atoms with Gasteiger partial charge in [-0.25, -0.2) is 4.98 Å². The molecule has 0 aliphatic carbocycles. The zero-order valence-corrected chi connectivity index (χ0v) is 16.2. The lowest BCUT2D eigenvalue weighted by molar-refractivity contribution is 0.102. The van der Waals surface area contributed by atoms with Crippen LogP contribution in [0.3, 0.4) is 0 Å². The van der Waals surface area contributed by atoms with Crippen molar-refractivity contribution in [2.24, 2.45) is 0 Å². The maximum Gasteiger partial charge on any atom is 0.259 e. The van der Waals surface area contributed by atoms with Crippen molar-refractivity contribution in [2.75, 3.05) is 19.5 Å². The van der Waals surface area contributed by atoms with Gasteiger partial charge in [-0.15, -0.1) is 11.3 Å². The van der Waals surface area contributed by atoms with Crippen LogP contribution in [-0.4, -0.2) is 25.1 Å². The molecule has 8 heteroatoms. The number of carbonyl (C=O) groups excluding carboxylic acids is 1. The van der Waals surface area contributed by atoms with Gasteiger partial charge in [0.25, 0.3) is 5.91 Å². The summed E-state index contributed by atoms with van der Waals surface area (Å²) in [7, 11) is 3.15. The number of benzene rings is 2. The Morgan fingerprint density at radius 3 is 2.62 bits per heavy atom. The predicted molar refractivity (Wildman–Crippen MR) is 105 cm³/mol. The molecule has 0 spiro atoms. The molecule has 0 unspecified atom stereocenters. The Morgan fingerprint density at radius 2 is 1.88 bits per heavy atom. The van der Waals surface area contributed by atoms with E-state index in [-0.39, 0.29) is 10.9 Å².